The summed E-state index contributed by atoms with van der Waals surface area (Å²) in [6.07, 6.45) is 16.4. The van der Waals surface area contributed by atoms with Crippen molar-refractivity contribution in [1.82, 2.24) is 0 Å². The Hall–Kier alpha value is -4.87. The van der Waals surface area contributed by atoms with Gasteiger partial charge in [0.2, 0.25) is 0 Å². The number of benzene rings is 4. The van der Waals surface area contributed by atoms with E-state index in [0.717, 1.165) is 30.8 Å². The molecule has 0 unspecified atom stereocenters. The van der Waals surface area contributed by atoms with Crippen LogP contribution in [0.2, 0.25) is 0 Å². The van der Waals surface area contributed by atoms with Gasteiger partial charge in [-0.05, 0) is 42.5 Å². The monoisotopic (exact) mass is 1110 g/mol. The van der Waals surface area contributed by atoms with E-state index >= 15 is 0 Å². The number of hydrogen-bond acceptors (Lipinski definition) is 5. The minimum absolute atomic E-state index is 0.388. The molecule has 0 bridgehead atoms. The maximum atomic E-state index is 6.93. The van der Waals surface area contributed by atoms with Gasteiger partial charge in [0.15, 0.2) is 0 Å². The Balaban J connectivity index is 1.23. The van der Waals surface area contributed by atoms with Crippen LogP contribution in [-0.4, -0.2) is 26.4 Å². The fraction of sp³-hybridized carbons (Fsp3) is 0.250. The molecule has 1 aliphatic heterocycles. The summed E-state index contributed by atoms with van der Waals surface area (Å²) in [7, 11) is -2.50. The first kappa shape index (κ1) is 47.2. The first-order valence-corrected chi connectivity index (χ1v) is 28.3. The van der Waals surface area contributed by atoms with Gasteiger partial charge in [-0.1, -0.05) is 33.8 Å². The number of thiophene rings is 2. The molecule has 0 radical (unpaired) electrons. The number of hydrogen-bond donors (Lipinski definition) is 0. The van der Waals surface area contributed by atoms with Crippen LogP contribution in [0.5, 0.6) is 11.5 Å². The molecule has 0 N–H and O–H groups in total. The van der Waals surface area contributed by atoms with Crippen molar-refractivity contribution in [2.24, 2.45) is 11.8 Å². The Morgan fingerprint density at radius 2 is 1.19 bits per heavy atom. The van der Waals surface area contributed by atoms with Gasteiger partial charge in [0, 0.05) is 9.75 Å². The summed E-state index contributed by atoms with van der Waals surface area (Å²) in [5.41, 5.74) is 11.2. The molecule has 2 aromatic heterocycles. The molecule has 67 heavy (non-hydrogen) atoms. The molecule has 0 atom stereocenters. The predicted octanol–water partition coefficient (Wildman–Crippen LogP) is 14.6. The zero-order valence-corrected chi connectivity index (χ0v) is 44.4. The van der Waals surface area contributed by atoms with E-state index in [1.807, 2.05) is 40.6 Å². The first-order chi connectivity index (χ1) is 32.7. The molecule has 0 spiro atoms. The molecular formula is C60H59O3OsPS2+. The van der Waals surface area contributed by atoms with E-state index in [2.05, 4.69) is 198 Å². The van der Waals surface area contributed by atoms with Crippen LogP contribution in [0.15, 0.2) is 150 Å². The van der Waals surface area contributed by atoms with Gasteiger partial charge in [0.1, 0.15) is 0 Å². The van der Waals surface area contributed by atoms with Crippen molar-refractivity contribution in [2.75, 3.05) is 26.4 Å². The van der Waals surface area contributed by atoms with Gasteiger partial charge in [-0.15, -0.1) is 11.3 Å². The Kier molecular flexibility index (Phi) is 14.9. The molecule has 4 aromatic carbocycles. The zero-order chi connectivity index (χ0) is 46.5. The summed E-state index contributed by atoms with van der Waals surface area (Å²) < 4.78 is 24.0. The molecule has 9 rings (SSSR count). The number of allylic oxidation sites excluding steroid dienone is 7. The summed E-state index contributed by atoms with van der Waals surface area (Å²) in [4.78, 5) is 5.05. The minimum Gasteiger partial charge on any atom is -0.136 e. The second-order valence-corrected chi connectivity index (χ2v) is 24.4. The molecular weight excluding hydrogens is 1050 g/mol. The van der Waals surface area contributed by atoms with Crippen LogP contribution >= 0.6 is 29.9 Å². The predicted molar refractivity (Wildman–Crippen MR) is 287 cm³/mol. The van der Waals surface area contributed by atoms with Crippen LogP contribution in [-0.2, 0) is 35.5 Å². The summed E-state index contributed by atoms with van der Waals surface area (Å²) in [6.45, 7) is 15.7. The molecule has 6 aromatic rings. The number of fused-ring (bicyclic) bond motifs is 2. The van der Waals surface area contributed by atoms with E-state index in [1.165, 1.54) is 90.9 Å². The minimum atomic E-state index is -2.50. The van der Waals surface area contributed by atoms with Crippen LogP contribution in [0, 0.1) is 16.2 Å². The molecule has 3 aliphatic rings. The van der Waals surface area contributed by atoms with Crippen LogP contribution in [0.25, 0.3) is 34.9 Å². The molecule has 3 nitrogen and oxygen atoms in total. The number of rotatable bonds is 16. The average molecular weight is 1110 g/mol. The Morgan fingerprint density at radius 1 is 0.687 bits per heavy atom. The van der Waals surface area contributed by atoms with Gasteiger partial charge in [0.25, 0.3) is 0 Å². The van der Waals surface area contributed by atoms with Gasteiger partial charge in [-0.3, -0.25) is 0 Å². The second-order valence-electron chi connectivity index (χ2n) is 18.2. The van der Waals surface area contributed by atoms with Crippen molar-refractivity contribution >= 4 is 80.8 Å². The molecule has 7 heteroatoms. The van der Waals surface area contributed by atoms with Gasteiger partial charge in [0.05, 0.1) is 0 Å². The maximum absolute atomic E-state index is 6.93. The molecule has 0 amide bonds. The topological polar surface area (TPSA) is 27.7 Å². The third-order valence-electron chi connectivity index (χ3n) is 12.4. The summed E-state index contributed by atoms with van der Waals surface area (Å²) in [6, 6.07) is 42.7. The van der Waals surface area contributed by atoms with Gasteiger partial charge >= 0.3 is 322 Å². The molecule has 0 saturated carbocycles. The SMILES string of the molecule is C/C=C/c1ccc(C2=Cc3c(c(OCC(C)C)c4c(c3OCC(C)C)CC(c3ccc(C(C=C5COCC5=CCC)=C([C]#[Os])[P+](c5ccccc5)(c5ccccc5)c5ccccc5)s3)=C4)C2)s1. The van der Waals surface area contributed by atoms with E-state index in [4.69, 9.17) is 14.2 Å². The van der Waals surface area contributed by atoms with Crippen molar-refractivity contribution < 1.29 is 32.2 Å². The van der Waals surface area contributed by atoms with E-state index < -0.39 is 7.26 Å². The molecule has 1 saturated heterocycles. The van der Waals surface area contributed by atoms with Crippen LogP contribution in [0.1, 0.15) is 89.7 Å². The van der Waals surface area contributed by atoms with Gasteiger partial charge in [-0.25, -0.2) is 0 Å². The van der Waals surface area contributed by atoms with Gasteiger partial charge in [-0.2, -0.15) is 0 Å². The Bertz CT molecular complexity index is 2890. The Morgan fingerprint density at radius 3 is 1.69 bits per heavy atom. The van der Waals surface area contributed by atoms with E-state index in [0.29, 0.717) is 38.3 Å². The summed E-state index contributed by atoms with van der Waals surface area (Å²) in [5.74, 6) is 2.81. The van der Waals surface area contributed by atoms with E-state index in [1.54, 1.807) is 0 Å². The van der Waals surface area contributed by atoms with Gasteiger partial charge < -0.3 is 0 Å². The fourth-order valence-electron chi connectivity index (χ4n) is 9.45. The number of ether oxygens (including phenoxy) is 3. The molecule has 341 valence electrons. The van der Waals surface area contributed by atoms with Crippen molar-refractivity contribution in [2.45, 2.75) is 60.8 Å². The zero-order valence-electron chi connectivity index (χ0n) is 39.4. The van der Waals surface area contributed by atoms with Crippen LogP contribution < -0.4 is 25.4 Å². The van der Waals surface area contributed by atoms with E-state index in [9.17, 15) is 0 Å². The van der Waals surface area contributed by atoms with Crippen molar-refractivity contribution in [3.05, 3.63) is 192 Å². The second kappa shape index (κ2) is 21.2. The van der Waals surface area contributed by atoms with Crippen molar-refractivity contribution in [3.63, 3.8) is 0 Å². The Labute approximate surface area is 416 Å². The van der Waals surface area contributed by atoms with Crippen LogP contribution in [0.3, 0.4) is 0 Å². The molecule has 2 aliphatic carbocycles. The first-order valence-electron chi connectivity index (χ1n) is 23.6. The standard InChI is InChI=1S/C60H59O3PS2.Os/c1-8-19-43-38-61-39-46(43)35-51(42(7)64(47-21-13-10-14-22-47,48-23-15-11-16-24-48)49-25-17-12-18-26-49)58-30-29-57(66-58)45-33-54-55(34-45)60(63-37-41(5)6)53-32-44(56-28-27-50(65-56)20-9-2)31-52(53)59(54)62-36-40(3)4;/h9-31,34-35,40-41H,8,32-33,36-39H2,1-6H3;/q+1;/b20-9+,43-19?,46-35?,51-42?;. The fourth-order valence-corrected chi connectivity index (χ4v) is 17.4. The molecule has 1 fully saturated rings. The quantitative estimate of drug-likeness (QED) is 0.0904. The summed E-state index contributed by atoms with van der Waals surface area (Å²) >= 11 is 5.58. The normalized spacial score (nSPS) is 16.2. The summed E-state index contributed by atoms with van der Waals surface area (Å²) in [5, 5.41) is 5.15. The molecule has 3 heterocycles. The third kappa shape index (κ3) is 9.61. The van der Waals surface area contributed by atoms with Crippen molar-refractivity contribution in [3.8, 4) is 15.9 Å². The van der Waals surface area contributed by atoms with Crippen molar-refractivity contribution in [1.29, 1.82) is 0 Å². The van der Waals surface area contributed by atoms with E-state index in [-0.39, 0.29) is 0 Å². The third-order valence-corrected chi connectivity index (χ3v) is 20.1. The smallest absolute Gasteiger partial charge is 0.136 e. The average Bonchev–Trinajstić information content (AvgIpc) is 4.21. The van der Waals surface area contributed by atoms with Crippen LogP contribution in [0.4, 0.5) is 0 Å².